The van der Waals surface area contributed by atoms with E-state index in [9.17, 15) is 9.18 Å². The van der Waals surface area contributed by atoms with Crippen LogP contribution in [-0.2, 0) is 4.79 Å². The summed E-state index contributed by atoms with van der Waals surface area (Å²) in [6.07, 6.45) is -0.912. The minimum atomic E-state index is -0.912. The highest BCUT2D eigenvalue weighted by atomic mass is 19.1. The van der Waals surface area contributed by atoms with Crippen molar-refractivity contribution in [3.05, 3.63) is 54.3 Å². The van der Waals surface area contributed by atoms with Crippen LogP contribution >= 0.6 is 0 Å². The summed E-state index contributed by atoms with van der Waals surface area (Å²) in [5, 5.41) is 0. The second-order valence-electron chi connectivity index (χ2n) is 4.22. The van der Waals surface area contributed by atoms with Crippen molar-refractivity contribution in [2.75, 3.05) is 6.61 Å². The number of hydrogen-bond donors (Lipinski definition) is 0. The van der Waals surface area contributed by atoms with Gasteiger partial charge in [-0.2, -0.15) is 0 Å². The molecule has 4 nitrogen and oxygen atoms in total. The first-order valence-corrected chi connectivity index (χ1v) is 6.09. The summed E-state index contributed by atoms with van der Waals surface area (Å²) in [6.45, 7) is 0.0320. The Morgan fingerprint density at radius 2 is 1.80 bits per heavy atom. The molecule has 1 aliphatic rings. The van der Waals surface area contributed by atoms with Gasteiger partial charge in [-0.3, -0.25) is 0 Å². The third-order valence-electron chi connectivity index (χ3n) is 2.82. The van der Waals surface area contributed by atoms with E-state index in [0.29, 0.717) is 11.5 Å². The normalized spacial score (nSPS) is 16.6. The molecule has 1 unspecified atom stereocenters. The van der Waals surface area contributed by atoms with E-state index >= 15 is 0 Å². The molecule has 0 saturated heterocycles. The number of carbonyl (C=O) groups is 1. The van der Waals surface area contributed by atoms with Crippen LogP contribution in [-0.4, -0.2) is 18.7 Å². The van der Waals surface area contributed by atoms with Crippen LogP contribution in [0.4, 0.5) is 4.39 Å². The number of ether oxygens (including phenoxy) is 3. The zero-order valence-corrected chi connectivity index (χ0v) is 10.4. The van der Waals surface area contributed by atoms with Crippen LogP contribution in [0.25, 0.3) is 0 Å². The highest BCUT2D eigenvalue weighted by molar-refractivity contribution is 5.78. The third-order valence-corrected chi connectivity index (χ3v) is 2.82. The van der Waals surface area contributed by atoms with Crippen molar-refractivity contribution >= 4 is 5.97 Å². The molecule has 0 aromatic heterocycles. The fraction of sp³-hybridized carbons (Fsp3) is 0.133. The van der Waals surface area contributed by atoms with E-state index in [1.807, 2.05) is 0 Å². The van der Waals surface area contributed by atoms with E-state index in [-0.39, 0.29) is 12.4 Å². The van der Waals surface area contributed by atoms with Gasteiger partial charge in [0.05, 0.1) is 0 Å². The zero-order valence-electron chi connectivity index (χ0n) is 10.4. The van der Waals surface area contributed by atoms with Gasteiger partial charge in [-0.1, -0.05) is 24.3 Å². The van der Waals surface area contributed by atoms with Crippen molar-refractivity contribution in [1.82, 2.24) is 0 Å². The fourth-order valence-corrected chi connectivity index (χ4v) is 1.84. The van der Waals surface area contributed by atoms with Crippen molar-refractivity contribution in [2.24, 2.45) is 0 Å². The van der Waals surface area contributed by atoms with Gasteiger partial charge in [0, 0.05) is 0 Å². The van der Waals surface area contributed by atoms with Crippen molar-refractivity contribution in [3.63, 3.8) is 0 Å². The van der Waals surface area contributed by atoms with Crippen LogP contribution in [0.5, 0.6) is 17.2 Å². The monoisotopic (exact) mass is 274 g/mol. The Morgan fingerprint density at radius 1 is 1.10 bits per heavy atom. The Balaban J connectivity index is 1.72. The Morgan fingerprint density at radius 3 is 2.60 bits per heavy atom. The summed E-state index contributed by atoms with van der Waals surface area (Å²) in [5.74, 6) is -0.376. The summed E-state index contributed by atoms with van der Waals surface area (Å²) in [5.41, 5.74) is 0. The molecule has 0 fully saturated rings. The van der Waals surface area contributed by atoms with Crippen LogP contribution in [0.2, 0.25) is 0 Å². The molecule has 0 N–H and O–H groups in total. The average molecular weight is 274 g/mol. The molecule has 2 aromatic carbocycles. The Hall–Kier alpha value is -2.56. The SMILES string of the molecule is O=C(Oc1ccccc1F)C1COc2ccccc2O1. The number of carbonyl (C=O) groups excluding carboxylic acids is 1. The quantitative estimate of drug-likeness (QED) is 0.623. The van der Waals surface area contributed by atoms with Gasteiger partial charge in [0.25, 0.3) is 0 Å². The lowest BCUT2D eigenvalue weighted by atomic mass is 10.2. The van der Waals surface area contributed by atoms with Crippen molar-refractivity contribution < 1.29 is 23.4 Å². The van der Waals surface area contributed by atoms with E-state index < -0.39 is 17.9 Å². The van der Waals surface area contributed by atoms with Crippen molar-refractivity contribution in [3.8, 4) is 17.2 Å². The number of halogens is 1. The first-order chi connectivity index (χ1) is 9.74. The first kappa shape index (κ1) is 12.5. The van der Waals surface area contributed by atoms with E-state index in [2.05, 4.69) is 0 Å². The summed E-state index contributed by atoms with van der Waals surface area (Å²) in [4.78, 5) is 11.9. The average Bonchev–Trinajstić information content (AvgIpc) is 2.49. The van der Waals surface area contributed by atoms with Gasteiger partial charge in [0.1, 0.15) is 6.61 Å². The third kappa shape index (κ3) is 2.42. The lowest BCUT2D eigenvalue weighted by molar-refractivity contribution is -0.144. The smallest absolute Gasteiger partial charge is 0.356 e. The maximum absolute atomic E-state index is 13.4. The highest BCUT2D eigenvalue weighted by Gasteiger charge is 2.29. The Kier molecular flexibility index (Phi) is 3.25. The molecule has 0 saturated carbocycles. The lowest BCUT2D eigenvalue weighted by Crippen LogP contribution is -2.39. The lowest BCUT2D eigenvalue weighted by Gasteiger charge is -2.24. The van der Waals surface area contributed by atoms with E-state index in [1.54, 1.807) is 30.3 Å². The molecule has 1 heterocycles. The molecule has 20 heavy (non-hydrogen) atoms. The fourth-order valence-electron chi connectivity index (χ4n) is 1.84. The zero-order chi connectivity index (χ0) is 13.9. The van der Waals surface area contributed by atoms with Gasteiger partial charge in [-0.05, 0) is 24.3 Å². The molecule has 5 heteroatoms. The van der Waals surface area contributed by atoms with E-state index in [1.165, 1.54) is 18.2 Å². The van der Waals surface area contributed by atoms with Crippen molar-refractivity contribution in [1.29, 1.82) is 0 Å². The van der Waals surface area contributed by atoms with Crippen LogP contribution in [0, 0.1) is 5.82 Å². The predicted octanol–water partition coefficient (Wildman–Crippen LogP) is 2.57. The maximum atomic E-state index is 13.4. The summed E-state index contributed by atoms with van der Waals surface area (Å²) in [6, 6.07) is 12.7. The molecule has 0 radical (unpaired) electrons. The predicted molar refractivity (Wildman–Crippen MR) is 68.4 cm³/mol. The molecule has 1 atom stereocenters. The standard InChI is InChI=1S/C15H11FO4/c16-10-5-1-2-6-11(10)20-15(17)14-9-18-12-7-3-4-8-13(12)19-14/h1-8,14H,9H2. The van der Waals surface area contributed by atoms with Crippen LogP contribution in [0.15, 0.2) is 48.5 Å². The molecule has 0 spiro atoms. The van der Waals surface area contributed by atoms with Crippen LogP contribution in [0.3, 0.4) is 0 Å². The molecule has 0 bridgehead atoms. The molecule has 0 aliphatic carbocycles. The van der Waals surface area contributed by atoms with Crippen LogP contribution < -0.4 is 14.2 Å². The first-order valence-electron chi connectivity index (χ1n) is 6.09. The highest BCUT2D eigenvalue weighted by Crippen LogP contribution is 2.31. The molecular formula is C15H11FO4. The number of hydrogen-bond acceptors (Lipinski definition) is 4. The summed E-state index contributed by atoms with van der Waals surface area (Å²) >= 11 is 0. The van der Waals surface area contributed by atoms with Gasteiger partial charge < -0.3 is 14.2 Å². The van der Waals surface area contributed by atoms with Gasteiger partial charge in [0.2, 0.25) is 6.10 Å². The molecule has 0 amide bonds. The Labute approximate surface area is 114 Å². The number of benzene rings is 2. The molecule has 2 aromatic rings. The second-order valence-corrected chi connectivity index (χ2v) is 4.22. The maximum Gasteiger partial charge on any atom is 0.356 e. The minimum absolute atomic E-state index is 0.0320. The van der Waals surface area contributed by atoms with Gasteiger partial charge in [-0.15, -0.1) is 0 Å². The largest absolute Gasteiger partial charge is 0.485 e. The second kappa shape index (κ2) is 5.21. The van der Waals surface area contributed by atoms with Gasteiger partial charge >= 0.3 is 5.97 Å². The van der Waals surface area contributed by atoms with E-state index in [0.717, 1.165) is 0 Å². The number of rotatable bonds is 2. The van der Waals surface area contributed by atoms with Gasteiger partial charge in [-0.25, -0.2) is 9.18 Å². The molecule has 1 aliphatic heterocycles. The molecule has 102 valence electrons. The summed E-state index contributed by atoms with van der Waals surface area (Å²) < 4.78 is 29.3. The number of fused-ring (bicyclic) bond motifs is 1. The van der Waals surface area contributed by atoms with Crippen molar-refractivity contribution in [2.45, 2.75) is 6.10 Å². The van der Waals surface area contributed by atoms with Gasteiger partial charge in [0.15, 0.2) is 23.1 Å². The Bertz CT molecular complexity index is 641. The van der Waals surface area contributed by atoms with Crippen LogP contribution in [0.1, 0.15) is 0 Å². The number of esters is 1. The summed E-state index contributed by atoms with van der Waals surface area (Å²) in [7, 11) is 0. The minimum Gasteiger partial charge on any atom is -0.485 e. The molecular weight excluding hydrogens is 263 g/mol. The number of para-hydroxylation sites is 3. The van der Waals surface area contributed by atoms with E-state index in [4.69, 9.17) is 14.2 Å². The molecule has 3 rings (SSSR count). The topological polar surface area (TPSA) is 44.8 Å².